The zero-order chi connectivity index (χ0) is 23.2. The van der Waals surface area contributed by atoms with Gasteiger partial charge in [-0.25, -0.2) is 0 Å². The number of piperazine rings is 1. The molecule has 4 rings (SSSR count). The number of hydrogen-bond acceptors (Lipinski definition) is 4. The molecule has 0 saturated carbocycles. The van der Waals surface area contributed by atoms with Crippen LogP contribution in [0.3, 0.4) is 0 Å². The number of likely N-dealkylation sites (N-methyl/N-ethyl adjacent to an activating group) is 1. The average molecular weight is 444 g/mol. The Hall–Kier alpha value is -3.67. The quantitative estimate of drug-likeness (QED) is 0.560. The molecule has 1 aromatic heterocycles. The third-order valence-electron chi connectivity index (χ3n) is 6.15. The zero-order valence-corrected chi connectivity index (χ0v) is 19.1. The van der Waals surface area contributed by atoms with Gasteiger partial charge in [0.2, 0.25) is 11.8 Å². The van der Waals surface area contributed by atoms with Gasteiger partial charge in [-0.1, -0.05) is 42.5 Å². The first kappa shape index (κ1) is 22.5. The second-order valence-corrected chi connectivity index (χ2v) is 8.19. The molecule has 2 amide bonds. The van der Waals surface area contributed by atoms with E-state index in [1.54, 1.807) is 18.2 Å². The highest BCUT2D eigenvalue weighted by atomic mass is 16.5. The van der Waals surface area contributed by atoms with Crippen molar-refractivity contribution < 1.29 is 14.3 Å². The molecule has 0 aliphatic carbocycles. The molecule has 1 saturated heterocycles. The Morgan fingerprint density at radius 3 is 2.55 bits per heavy atom. The van der Waals surface area contributed by atoms with Crippen molar-refractivity contribution in [1.29, 1.82) is 0 Å². The molecule has 6 heteroatoms. The molecule has 1 unspecified atom stereocenters. The number of rotatable bonds is 7. The van der Waals surface area contributed by atoms with E-state index in [1.165, 1.54) is 0 Å². The number of ether oxygens (including phenoxy) is 1. The molecule has 170 valence electrons. The molecule has 1 atom stereocenters. The van der Waals surface area contributed by atoms with E-state index in [4.69, 9.17) is 4.74 Å². The number of methoxy groups -OCH3 is 1. The fourth-order valence-corrected chi connectivity index (χ4v) is 4.30. The molecule has 1 fully saturated rings. The van der Waals surface area contributed by atoms with Gasteiger partial charge in [0, 0.05) is 38.4 Å². The Bertz CT molecular complexity index is 1100. The van der Waals surface area contributed by atoms with Crippen LogP contribution in [0.15, 0.2) is 73.1 Å². The topological polar surface area (TPSA) is 62.7 Å². The number of amides is 2. The normalized spacial score (nSPS) is 16.1. The maximum Gasteiger partial charge on any atom is 0.245 e. The van der Waals surface area contributed by atoms with Crippen LogP contribution in [0.1, 0.15) is 18.1 Å². The maximum atomic E-state index is 13.3. The van der Waals surface area contributed by atoms with E-state index in [0.717, 1.165) is 28.0 Å². The largest absolute Gasteiger partial charge is 0.497 e. The molecule has 6 nitrogen and oxygen atoms in total. The minimum Gasteiger partial charge on any atom is -0.497 e. The minimum absolute atomic E-state index is 0.0130. The molecule has 0 spiro atoms. The van der Waals surface area contributed by atoms with E-state index >= 15 is 0 Å². The van der Waals surface area contributed by atoms with E-state index in [1.807, 2.05) is 78.7 Å². The predicted molar refractivity (Wildman–Crippen MR) is 128 cm³/mol. The summed E-state index contributed by atoms with van der Waals surface area (Å²) in [6.07, 6.45) is 4.32. The first-order chi connectivity index (χ1) is 16.1. The summed E-state index contributed by atoms with van der Waals surface area (Å²) in [7, 11) is 1.61. The van der Waals surface area contributed by atoms with Gasteiger partial charge >= 0.3 is 0 Å². The average Bonchev–Trinajstić information content (AvgIpc) is 2.86. The van der Waals surface area contributed by atoms with Gasteiger partial charge in [0.25, 0.3) is 0 Å². The van der Waals surface area contributed by atoms with Crippen molar-refractivity contribution in [2.45, 2.75) is 25.8 Å². The number of benzene rings is 2. The van der Waals surface area contributed by atoms with Crippen LogP contribution in [0.5, 0.6) is 5.75 Å². The third kappa shape index (κ3) is 5.22. The van der Waals surface area contributed by atoms with Gasteiger partial charge < -0.3 is 14.5 Å². The molecule has 33 heavy (non-hydrogen) atoms. The van der Waals surface area contributed by atoms with Crippen molar-refractivity contribution in [3.05, 3.63) is 84.2 Å². The van der Waals surface area contributed by atoms with Crippen LogP contribution in [0.2, 0.25) is 0 Å². The second kappa shape index (κ2) is 10.3. The van der Waals surface area contributed by atoms with E-state index in [2.05, 4.69) is 4.98 Å². The molecule has 0 radical (unpaired) electrons. The fourth-order valence-electron chi connectivity index (χ4n) is 4.30. The second-order valence-electron chi connectivity index (χ2n) is 8.19. The van der Waals surface area contributed by atoms with Crippen LogP contribution in [-0.4, -0.2) is 59.4 Å². The minimum atomic E-state index is -0.499. The van der Waals surface area contributed by atoms with Gasteiger partial charge in [-0.05, 0) is 47.4 Å². The van der Waals surface area contributed by atoms with Crippen LogP contribution < -0.4 is 4.74 Å². The van der Waals surface area contributed by atoms with Crippen molar-refractivity contribution in [1.82, 2.24) is 14.8 Å². The van der Waals surface area contributed by atoms with Gasteiger partial charge in [0.05, 0.1) is 13.5 Å². The maximum absolute atomic E-state index is 13.3. The number of aromatic nitrogens is 1. The summed E-state index contributed by atoms with van der Waals surface area (Å²) in [6.45, 7) is 3.73. The Kier molecular flexibility index (Phi) is 7.03. The summed E-state index contributed by atoms with van der Waals surface area (Å²) in [5.41, 5.74) is 4.02. The molecule has 2 heterocycles. The lowest BCUT2D eigenvalue weighted by Crippen LogP contribution is -2.59. The highest BCUT2D eigenvalue weighted by molar-refractivity contribution is 5.90. The standard InChI is InChI=1S/C27H29N3O3/c1-3-29-14-15-30(26(31)18-21-6-4-8-24(16-21)33-2)25(27(29)32)17-20-9-11-22(12-10-20)23-7-5-13-28-19-23/h4-13,16,19,25H,3,14-15,17-18H2,1-2H3. The van der Waals surface area contributed by atoms with Crippen molar-refractivity contribution in [3.63, 3.8) is 0 Å². The monoisotopic (exact) mass is 443 g/mol. The highest BCUT2D eigenvalue weighted by Crippen LogP contribution is 2.22. The van der Waals surface area contributed by atoms with Crippen molar-refractivity contribution in [2.75, 3.05) is 26.7 Å². The molecule has 2 aromatic carbocycles. The van der Waals surface area contributed by atoms with Crippen molar-refractivity contribution in [3.8, 4) is 16.9 Å². The van der Waals surface area contributed by atoms with Crippen LogP contribution in [-0.2, 0) is 22.4 Å². The van der Waals surface area contributed by atoms with Crippen molar-refractivity contribution >= 4 is 11.8 Å². The number of carbonyl (C=O) groups is 2. The van der Waals surface area contributed by atoms with Gasteiger partial charge in [-0.3, -0.25) is 14.6 Å². The number of hydrogen-bond donors (Lipinski definition) is 0. The van der Waals surface area contributed by atoms with Crippen molar-refractivity contribution in [2.24, 2.45) is 0 Å². The third-order valence-corrected chi connectivity index (χ3v) is 6.15. The predicted octanol–water partition coefficient (Wildman–Crippen LogP) is 3.60. The summed E-state index contributed by atoms with van der Waals surface area (Å²) in [4.78, 5) is 34.2. The summed E-state index contributed by atoms with van der Waals surface area (Å²) >= 11 is 0. The summed E-state index contributed by atoms with van der Waals surface area (Å²) in [6, 6.07) is 19.1. The van der Waals surface area contributed by atoms with Gasteiger partial charge in [-0.2, -0.15) is 0 Å². The zero-order valence-electron chi connectivity index (χ0n) is 19.1. The van der Waals surface area contributed by atoms with Crippen LogP contribution in [0.25, 0.3) is 11.1 Å². The highest BCUT2D eigenvalue weighted by Gasteiger charge is 2.36. The van der Waals surface area contributed by atoms with E-state index < -0.39 is 6.04 Å². The number of carbonyl (C=O) groups excluding carboxylic acids is 2. The molecule has 1 aliphatic rings. The number of pyridine rings is 1. The smallest absolute Gasteiger partial charge is 0.245 e. The summed E-state index contributed by atoms with van der Waals surface area (Å²) < 4.78 is 5.28. The first-order valence-corrected chi connectivity index (χ1v) is 11.3. The van der Waals surface area contributed by atoms with Gasteiger partial charge in [-0.15, -0.1) is 0 Å². The van der Waals surface area contributed by atoms with E-state index in [9.17, 15) is 9.59 Å². The van der Waals surface area contributed by atoms with E-state index in [0.29, 0.717) is 26.1 Å². The molecule has 0 bridgehead atoms. The first-order valence-electron chi connectivity index (χ1n) is 11.3. The summed E-state index contributed by atoms with van der Waals surface area (Å²) in [5.74, 6) is 0.695. The Morgan fingerprint density at radius 2 is 1.85 bits per heavy atom. The molecule has 1 aliphatic heterocycles. The van der Waals surface area contributed by atoms with Crippen LogP contribution >= 0.6 is 0 Å². The molecule has 0 N–H and O–H groups in total. The van der Waals surface area contributed by atoms with Crippen LogP contribution in [0.4, 0.5) is 0 Å². The number of nitrogens with zero attached hydrogens (tertiary/aromatic N) is 3. The lowest BCUT2D eigenvalue weighted by Gasteiger charge is -2.40. The Labute approximate surface area is 194 Å². The van der Waals surface area contributed by atoms with Gasteiger partial charge in [0.1, 0.15) is 11.8 Å². The molecular formula is C27H29N3O3. The summed E-state index contributed by atoms with van der Waals surface area (Å²) in [5, 5.41) is 0. The SMILES string of the molecule is CCN1CCN(C(=O)Cc2cccc(OC)c2)C(Cc2ccc(-c3cccnc3)cc2)C1=O. The molecule has 3 aromatic rings. The fraction of sp³-hybridized carbons (Fsp3) is 0.296. The molecular weight excluding hydrogens is 414 g/mol. The lowest BCUT2D eigenvalue weighted by atomic mass is 9.98. The van der Waals surface area contributed by atoms with Gasteiger partial charge in [0.15, 0.2) is 0 Å². The van der Waals surface area contributed by atoms with E-state index in [-0.39, 0.29) is 18.2 Å². The Morgan fingerprint density at radius 1 is 1.03 bits per heavy atom. The van der Waals surface area contributed by atoms with Crippen LogP contribution in [0, 0.1) is 0 Å². The Balaban J connectivity index is 1.53. The lowest BCUT2D eigenvalue weighted by molar-refractivity contribution is -0.150.